The summed E-state index contributed by atoms with van der Waals surface area (Å²) in [6.45, 7) is 10.8. The monoisotopic (exact) mass is 1150 g/mol. The maximum atomic E-state index is 12.9. The van der Waals surface area contributed by atoms with Gasteiger partial charge in [-0.1, -0.05) is 207 Å². The summed E-state index contributed by atoms with van der Waals surface area (Å²) in [5.74, 6) is 0.141. The summed E-state index contributed by atoms with van der Waals surface area (Å²) in [4.78, 5) is 47.8. The van der Waals surface area contributed by atoms with Crippen LogP contribution in [-0.2, 0) is 4.79 Å². The zero-order chi connectivity index (χ0) is 47.2. The second-order valence-corrected chi connectivity index (χ2v) is 23.3. The number of amides is 2. The minimum Gasteiger partial charge on any atom is -0.477 e. The summed E-state index contributed by atoms with van der Waals surface area (Å²) in [5, 5.41) is 12.0. The van der Waals surface area contributed by atoms with Gasteiger partial charge in [-0.15, -0.1) is 22.7 Å². The van der Waals surface area contributed by atoms with Crippen molar-refractivity contribution in [3.05, 3.63) is 33.2 Å². The number of carboxylic acid groups (broad SMARTS) is 1. The van der Waals surface area contributed by atoms with E-state index in [1.54, 1.807) is 4.90 Å². The lowest BCUT2D eigenvalue weighted by molar-refractivity contribution is -0.120. The van der Waals surface area contributed by atoms with Crippen LogP contribution in [0.15, 0.2) is 10.8 Å². The zero-order valence-electron chi connectivity index (χ0n) is 40.5. The van der Waals surface area contributed by atoms with Crippen molar-refractivity contribution in [1.29, 1.82) is 0 Å². The molecule has 0 saturated heterocycles. The van der Waals surface area contributed by atoms with Gasteiger partial charge in [0.15, 0.2) is 5.75 Å². The van der Waals surface area contributed by atoms with Gasteiger partial charge in [-0.05, 0) is 89.2 Å². The van der Waals surface area contributed by atoms with Gasteiger partial charge in [0.1, 0.15) is 5.56 Å². The minimum absolute atomic E-state index is 0.0488. The van der Waals surface area contributed by atoms with Gasteiger partial charge in [0.05, 0.1) is 16.9 Å². The first-order valence-electron chi connectivity index (χ1n) is 25.5. The molecule has 2 amide bonds. The Hall–Kier alpha value is -1.10. The second kappa shape index (κ2) is 40.9. The maximum Gasteiger partial charge on any atom is 0.341 e. The van der Waals surface area contributed by atoms with Crippen molar-refractivity contribution < 1.29 is 29.0 Å². The van der Waals surface area contributed by atoms with Gasteiger partial charge in [0, 0.05) is 17.3 Å². The number of thiophene rings is 2. The smallest absolute Gasteiger partial charge is 0.341 e. The van der Waals surface area contributed by atoms with E-state index in [1.165, 1.54) is 221 Å². The number of aromatic carboxylic acids is 1. The predicted molar refractivity (Wildman–Crippen MR) is 290 cm³/mol. The number of ether oxygens (including phenoxy) is 1. The fourth-order valence-corrected chi connectivity index (χ4v) is 11.6. The summed E-state index contributed by atoms with van der Waals surface area (Å²) in [7, 11) is 0. The van der Waals surface area contributed by atoms with Gasteiger partial charge in [0.2, 0.25) is 0 Å². The van der Waals surface area contributed by atoms with Crippen LogP contribution in [0, 0.1) is 17.6 Å². The number of carbonyl (C=O) groups is 4. The van der Waals surface area contributed by atoms with Crippen LogP contribution in [0.4, 0.5) is 0 Å². The standard InChI is InChI=1S/C26H42INO2S.C20H43N.C6H3IO4S/c1-3-5-7-9-11-12-14-16-18-21(17-15-13-10-8-6-4-2)19-28-25(29)22-20-31-24(27)23(22)26(28)30;1-3-5-7-9-11-12-14-16-18-20(19-21)17-15-13-10-8-6-4-2;7-5-4(6(9)10)3(1-12-5)11-2-8/h20-21H,3-19H2,1-2H3;20H,3-19,21H2,1-2H3;1-2H,(H,9,10). The number of halogens is 2. The van der Waals surface area contributed by atoms with Crippen molar-refractivity contribution in [2.24, 2.45) is 17.6 Å². The molecule has 2 atom stereocenters. The Morgan fingerprint density at radius 3 is 1.34 bits per heavy atom. The molecule has 0 spiro atoms. The lowest BCUT2D eigenvalue weighted by Gasteiger charge is -2.23. The largest absolute Gasteiger partial charge is 0.477 e. The van der Waals surface area contributed by atoms with Crippen LogP contribution in [-0.4, -0.2) is 47.4 Å². The summed E-state index contributed by atoms with van der Waals surface area (Å²) in [5.41, 5.74) is 7.26. The molecule has 0 bridgehead atoms. The Balaban J connectivity index is 0.000000533. The van der Waals surface area contributed by atoms with Crippen LogP contribution >= 0.6 is 67.9 Å². The molecular formula is C52H88I2N2O6S2. The molecule has 0 radical (unpaired) electrons. The van der Waals surface area contributed by atoms with E-state index >= 15 is 0 Å². The Kier molecular flexibility index (Phi) is 39.0. The molecule has 12 heteroatoms. The van der Waals surface area contributed by atoms with Crippen molar-refractivity contribution in [2.45, 2.75) is 233 Å². The molecule has 3 rings (SSSR count). The van der Waals surface area contributed by atoms with Gasteiger partial charge < -0.3 is 15.6 Å². The van der Waals surface area contributed by atoms with Crippen molar-refractivity contribution >= 4 is 92.1 Å². The maximum absolute atomic E-state index is 12.9. The van der Waals surface area contributed by atoms with E-state index in [4.69, 9.17) is 10.8 Å². The van der Waals surface area contributed by atoms with E-state index in [2.05, 4.69) is 55.0 Å². The molecule has 2 aromatic rings. The number of fused-ring (bicyclic) bond motifs is 1. The fraction of sp³-hybridized carbons (Fsp3) is 0.769. The zero-order valence-corrected chi connectivity index (χ0v) is 46.5. The molecular weight excluding hydrogens is 1070 g/mol. The Bertz CT molecular complexity index is 1500. The minimum atomic E-state index is -1.09. The Morgan fingerprint density at radius 2 is 0.984 bits per heavy atom. The third kappa shape index (κ3) is 27.0. The molecule has 0 aliphatic carbocycles. The number of rotatable bonds is 38. The van der Waals surface area contributed by atoms with Crippen molar-refractivity contribution in [3.8, 4) is 5.75 Å². The van der Waals surface area contributed by atoms with E-state index in [9.17, 15) is 19.2 Å². The average molecular weight is 1160 g/mol. The highest BCUT2D eigenvalue weighted by atomic mass is 127. The number of unbranched alkanes of at least 4 members (excludes halogenated alkanes) is 24. The van der Waals surface area contributed by atoms with Gasteiger partial charge in [-0.2, -0.15) is 0 Å². The Morgan fingerprint density at radius 1 is 0.609 bits per heavy atom. The predicted octanol–water partition coefficient (Wildman–Crippen LogP) is 17.3. The molecule has 368 valence electrons. The Labute approximate surface area is 425 Å². The normalized spacial score (nSPS) is 13.0. The van der Waals surface area contributed by atoms with Crippen LogP contribution in [0.25, 0.3) is 0 Å². The molecule has 3 N–H and O–H groups in total. The van der Waals surface area contributed by atoms with Gasteiger partial charge in [0.25, 0.3) is 18.3 Å². The van der Waals surface area contributed by atoms with Gasteiger partial charge >= 0.3 is 5.97 Å². The number of hydrogen-bond donors (Lipinski definition) is 2. The molecule has 8 nitrogen and oxygen atoms in total. The molecule has 0 fully saturated rings. The van der Waals surface area contributed by atoms with Crippen LogP contribution in [0.2, 0.25) is 0 Å². The molecule has 0 aromatic carbocycles. The SMILES string of the molecule is CCCCCCCCCCC(CCCCCCCC)CN1C(=O)c2csc(I)c2C1=O.CCCCCCCCCCC(CN)CCCCCCCC.O=COc1csc(I)c1C(=O)O. The summed E-state index contributed by atoms with van der Waals surface area (Å²) >= 11 is 6.79. The van der Waals surface area contributed by atoms with Crippen molar-refractivity contribution in [1.82, 2.24) is 4.90 Å². The average Bonchev–Trinajstić information content (AvgIpc) is 3.93. The highest BCUT2D eigenvalue weighted by molar-refractivity contribution is 14.1. The number of imide groups is 1. The number of carbonyl (C=O) groups excluding carboxylic acids is 3. The van der Waals surface area contributed by atoms with Crippen molar-refractivity contribution in [3.63, 3.8) is 0 Å². The van der Waals surface area contributed by atoms with Crippen LogP contribution in [0.1, 0.15) is 264 Å². The quantitative estimate of drug-likeness (QED) is 0.0297. The van der Waals surface area contributed by atoms with E-state index < -0.39 is 5.97 Å². The number of hydrogen-bond acceptors (Lipinski definition) is 8. The van der Waals surface area contributed by atoms with Crippen LogP contribution < -0.4 is 10.5 Å². The topological polar surface area (TPSA) is 127 Å². The first-order valence-corrected chi connectivity index (χ1v) is 29.5. The highest BCUT2D eigenvalue weighted by Crippen LogP contribution is 2.34. The molecule has 2 aromatic heterocycles. The third-order valence-electron chi connectivity index (χ3n) is 12.4. The lowest BCUT2D eigenvalue weighted by Crippen LogP contribution is -2.35. The fourth-order valence-electron chi connectivity index (χ4n) is 8.40. The van der Waals surface area contributed by atoms with Crippen LogP contribution in [0.3, 0.4) is 0 Å². The molecule has 1 aliphatic rings. The molecule has 0 saturated carbocycles. The number of nitrogens with two attached hydrogens (primary N) is 1. The molecule has 3 heterocycles. The summed E-state index contributed by atoms with van der Waals surface area (Å²) in [6.07, 6.45) is 43.3. The summed E-state index contributed by atoms with van der Waals surface area (Å²) in [6, 6.07) is 0. The first kappa shape index (κ1) is 60.9. The molecule has 2 unspecified atom stereocenters. The summed E-state index contributed by atoms with van der Waals surface area (Å²) < 4.78 is 6.01. The molecule has 64 heavy (non-hydrogen) atoms. The second-order valence-electron chi connectivity index (χ2n) is 17.9. The van der Waals surface area contributed by atoms with Crippen molar-refractivity contribution in [2.75, 3.05) is 13.1 Å². The van der Waals surface area contributed by atoms with E-state index in [1.807, 2.05) is 28.0 Å². The third-order valence-corrected chi connectivity index (χ3v) is 16.5. The number of carboxylic acids is 1. The van der Waals surface area contributed by atoms with Crippen LogP contribution in [0.5, 0.6) is 5.75 Å². The first-order chi connectivity index (χ1) is 31.1. The number of nitrogens with zero attached hydrogens (tertiary/aromatic N) is 1. The van der Waals surface area contributed by atoms with Gasteiger partial charge in [-0.3, -0.25) is 19.3 Å². The molecule has 1 aliphatic heterocycles. The van der Waals surface area contributed by atoms with Gasteiger partial charge in [-0.25, -0.2) is 4.79 Å². The highest BCUT2D eigenvalue weighted by Gasteiger charge is 2.39. The van der Waals surface area contributed by atoms with E-state index in [0.29, 0.717) is 26.5 Å². The van der Waals surface area contributed by atoms with E-state index in [0.717, 1.165) is 28.2 Å². The lowest BCUT2D eigenvalue weighted by atomic mass is 9.93. The van der Waals surface area contributed by atoms with E-state index in [-0.39, 0.29) is 29.6 Å².